The van der Waals surface area contributed by atoms with E-state index in [1.54, 1.807) is 26.6 Å². The molecule has 6 aliphatic heterocycles. The van der Waals surface area contributed by atoms with Gasteiger partial charge >= 0.3 is 29.4 Å². The summed E-state index contributed by atoms with van der Waals surface area (Å²) in [7, 11) is 3.33. The Morgan fingerprint density at radius 3 is 1.46 bits per heavy atom. The number of nitrogens with one attached hydrogen (secondary N) is 2. The van der Waals surface area contributed by atoms with Crippen molar-refractivity contribution in [2.24, 2.45) is 23.7 Å². The van der Waals surface area contributed by atoms with E-state index in [0.29, 0.717) is 23.7 Å². The Bertz CT molecular complexity index is 1890. The fraction of sp³-hybridized carbons (Fsp3) is 0.450. The predicted molar refractivity (Wildman–Crippen MR) is 199 cm³/mol. The van der Waals surface area contributed by atoms with Gasteiger partial charge in [-0.2, -0.15) is 0 Å². The molecule has 0 radical (unpaired) electrons. The summed E-state index contributed by atoms with van der Waals surface area (Å²) in [4.78, 5) is 11.9. The topological polar surface area (TPSA) is 205 Å². The molecule has 0 aliphatic carbocycles. The fourth-order valence-corrected chi connectivity index (χ4v) is 9.31. The van der Waals surface area contributed by atoms with Crippen LogP contribution in [0.5, 0.6) is 11.5 Å². The average molecular weight is 812 g/mol. The van der Waals surface area contributed by atoms with Crippen molar-refractivity contribution in [3.05, 3.63) is 97.4 Å². The average Bonchev–Trinajstić information content (AvgIpc) is 3.19. The predicted octanol–water partition coefficient (Wildman–Crippen LogP) is -0.309. The van der Waals surface area contributed by atoms with E-state index in [4.69, 9.17) is 25.5 Å². The first-order chi connectivity index (χ1) is 25.4. The molecule has 292 valence electrons. The van der Waals surface area contributed by atoms with Crippen molar-refractivity contribution in [2.75, 3.05) is 40.4 Å². The first-order valence-corrected chi connectivity index (χ1v) is 21.0. The van der Waals surface area contributed by atoms with Crippen LogP contribution in [-0.4, -0.2) is 91.5 Å². The van der Waals surface area contributed by atoms with E-state index in [2.05, 4.69) is 35.3 Å². The summed E-state index contributed by atoms with van der Waals surface area (Å²) in [5.41, 5.74) is 3.75. The molecular formula is C40H52N4O9Se. The normalized spacial score (nSPS) is 28.0. The van der Waals surface area contributed by atoms with Crippen LogP contribution in [0.2, 0.25) is 0 Å². The summed E-state index contributed by atoms with van der Waals surface area (Å²) >= 11 is -5.75. The Hall–Kier alpha value is -3.82. The van der Waals surface area contributed by atoms with Gasteiger partial charge in [0.2, 0.25) is 0 Å². The number of quaternary nitrogens is 2. The van der Waals surface area contributed by atoms with E-state index in [-0.39, 0.29) is 17.6 Å². The molecule has 0 spiro atoms. The van der Waals surface area contributed by atoms with E-state index < -0.39 is 25.6 Å². The number of pyridine rings is 2. The zero-order valence-corrected chi connectivity index (χ0v) is 32.5. The third-order valence-electron chi connectivity index (χ3n) is 12.0. The zero-order chi connectivity index (χ0) is 37.9. The summed E-state index contributed by atoms with van der Waals surface area (Å²) in [6, 6.07) is 16.2. The van der Waals surface area contributed by atoms with Gasteiger partial charge in [-0.25, -0.2) is 0 Å². The van der Waals surface area contributed by atoms with Gasteiger partial charge in [-0.3, -0.25) is 9.97 Å². The van der Waals surface area contributed by atoms with Crippen LogP contribution in [0.15, 0.2) is 86.2 Å². The Balaban J connectivity index is 0.000000182. The maximum absolute atomic E-state index is 11.2. The Kier molecular flexibility index (Phi) is 13.6. The molecule has 6 saturated heterocycles. The zero-order valence-electron chi connectivity index (χ0n) is 30.8. The van der Waals surface area contributed by atoms with Gasteiger partial charge in [-0.05, 0) is 71.5 Å². The SMILES string of the molecule is C=C[C@H]1C[NH+]2CC[C@H]1C[C@H]2[C@H](O)c1ccnc2ccc(OC)cc12.C=C[C@H]1C[NH+]2CC[C@H]1C[C@H]2[C@H](O)c1ccnc2ccc(OC)cc12.O.O=[Se](=O)([O-])[O-]. The summed E-state index contributed by atoms with van der Waals surface area (Å²) < 4.78 is 45.1. The van der Waals surface area contributed by atoms with Crippen LogP contribution in [0.4, 0.5) is 0 Å². The van der Waals surface area contributed by atoms with E-state index in [1.165, 1.54) is 22.6 Å². The molecule has 10 rings (SSSR count). The number of aliphatic hydroxyl groups excluding tert-OH is 2. The second kappa shape index (κ2) is 17.8. The molecule has 8 heterocycles. The molecule has 2 aromatic carbocycles. The van der Waals surface area contributed by atoms with Gasteiger partial charge < -0.3 is 35.0 Å². The molecule has 13 nitrogen and oxygen atoms in total. The van der Waals surface area contributed by atoms with Crippen molar-refractivity contribution in [1.29, 1.82) is 0 Å². The molecule has 0 saturated carbocycles. The number of rotatable bonds is 8. The van der Waals surface area contributed by atoms with Crippen molar-refractivity contribution >= 4 is 35.2 Å². The van der Waals surface area contributed by atoms with Crippen LogP contribution in [0.25, 0.3) is 21.8 Å². The van der Waals surface area contributed by atoms with E-state index >= 15 is 0 Å². The van der Waals surface area contributed by atoms with Gasteiger partial charge in [0.15, 0.2) is 0 Å². The van der Waals surface area contributed by atoms with Gasteiger partial charge in [0.05, 0.1) is 51.4 Å². The summed E-state index contributed by atoms with van der Waals surface area (Å²) in [6.45, 7) is 12.5. The number of hydrogen-bond donors (Lipinski definition) is 4. The molecule has 4 aromatic rings. The van der Waals surface area contributed by atoms with Crippen molar-refractivity contribution in [1.82, 2.24) is 9.97 Å². The van der Waals surface area contributed by atoms with E-state index in [9.17, 15) is 10.2 Å². The maximum atomic E-state index is 11.2. The number of methoxy groups -OCH3 is 2. The van der Waals surface area contributed by atoms with Gasteiger partial charge in [0.25, 0.3) is 0 Å². The summed E-state index contributed by atoms with van der Waals surface area (Å²) in [6.07, 6.45) is 11.5. The minimum absolute atomic E-state index is 0. The molecule has 4 bridgehead atoms. The van der Waals surface area contributed by atoms with E-state index in [0.717, 1.165) is 83.5 Å². The van der Waals surface area contributed by atoms with Crippen molar-refractivity contribution in [3.63, 3.8) is 0 Å². The molecule has 0 amide bonds. The summed E-state index contributed by atoms with van der Waals surface area (Å²) in [5, 5.41) is 24.3. The minimum atomic E-state index is -5.75. The van der Waals surface area contributed by atoms with Crippen molar-refractivity contribution < 1.29 is 51.0 Å². The van der Waals surface area contributed by atoms with Gasteiger partial charge in [-0.1, -0.05) is 12.2 Å². The third-order valence-corrected chi connectivity index (χ3v) is 12.0. The second-order valence-corrected chi connectivity index (χ2v) is 16.4. The number of aliphatic hydroxyl groups is 2. The van der Waals surface area contributed by atoms with Gasteiger partial charge in [0, 0.05) is 60.7 Å². The van der Waals surface area contributed by atoms with Crippen LogP contribution in [0.3, 0.4) is 0 Å². The van der Waals surface area contributed by atoms with Crippen LogP contribution in [0, 0.1) is 23.7 Å². The number of benzene rings is 2. The standard InChI is InChI=1S/2C20H24N2O2.H2O4Se.H2O/c2*1-3-13-12-22-9-7-14(13)10-19(22)20(23)16-6-8-21-18-5-4-15(24-2)11-17(16)18;1-5(2,3)4;/h2*3-6,8,11,13-14,19-20,23H,1,7,9-10,12H2,2H3;(H2,1,2,3,4);1H2/t2*13-,14-,19-,20+;;/m00../s1. The van der Waals surface area contributed by atoms with Crippen molar-refractivity contribution in [2.45, 2.75) is 50.0 Å². The Morgan fingerprint density at radius 2 is 1.15 bits per heavy atom. The van der Waals surface area contributed by atoms with Crippen LogP contribution >= 0.6 is 0 Å². The number of aromatic nitrogens is 2. The molecule has 2 unspecified atom stereocenters. The number of ether oxygens (including phenoxy) is 2. The fourth-order valence-electron chi connectivity index (χ4n) is 9.31. The van der Waals surface area contributed by atoms with Crippen LogP contribution in [0.1, 0.15) is 49.0 Å². The van der Waals surface area contributed by atoms with Gasteiger partial charge in [0.1, 0.15) is 35.8 Å². The molecule has 2 aromatic heterocycles. The molecular weight excluding hydrogens is 759 g/mol. The first-order valence-electron chi connectivity index (χ1n) is 18.2. The van der Waals surface area contributed by atoms with Crippen LogP contribution < -0.4 is 27.7 Å². The molecule has 10 atom stereocenters. The van der Waals surface area contributed by atoms with Crippen LogP contribution in [-0.2, 0) is 7.67 Å². The Morgan fingerprint density at radius 1 is 0.759 bits per heavy atom. The van der Waals surface area contributed by atoms with Gasteiger partial charge in [-0.15, -0.1) is 13.2 Å². The van der Waals surface area contributed by atoms with Crippen molar-refractivity contribution in [3.8, 4) is 11.5 Å². The Labute approximate surface area is 318 Å². The second-order valence-electron chi connectivity index (χ2n) is 14.7. The number of piperidine rings is 6. The first kappa shape index (κ1) is 41.3. The molecule has 6 N–H and O–H groups in total. The third kappa shape index (κ3) is 9.16. The molecule has 6 fully saturated rings. The quantitative estimate of drug-likeness (QED) is 0.135. The molecule has 6 aliphatic rings. The number of nitrogens with zero attached hydrogens (tertiary/aromatic N) is 2. The molecule has 54 heavy (non-hydrogen) atoms. The number of fused-ring (bicyclic) bond motifs is 8. The summed E-state index contributed by atoms with van der Waals surface area (Å²) in [5.74, 6) is 4.14. The molecule has 14 heteroatoms. The monoisotopic (exact) mass is 812 g/mol. The number of hydrogen-bond acceptors (Lipinski definition) is 10. The van der Waals surface area contributed by atoms with E-state index in [1.807, 2.05) is 48.5 Å².